The Bertz CT molecular complexity index is 1000. The van der Waals surface area contributed by atoms with Gasteiger partial charge in [0.1, 0.15) is 11.6 Å². The van der Waals surface area contributed by atoms with Gasteiger partial charge in [0, 0.05) is 49.0 Å². The van der Waals surface area contributed by atoms with E-state index in [1.807, 2.05) is 16.8 Å². The lowest BCUT2D eigenvalue weighted by molar-refractivity contribution is 0.136. The van der Waals surface area contributed by atoms with E-state index in [0.29, 0.717) is 11.6 Å². The fraction of sp³-hybridized carbons (Fsp3) is 0.400. The van der Waals surface area contributed by atoms with Crippen molar-refractivity contribution in [1.29, 1.82) is 0 Å². The SMILES string of the molecule is NC1C[C@@H](N2Cc3nn4cccnc4c3C2)CC[C@@H]1c1cc(F)ccc1F. The molecule has 0 bridgehead atoms. The van der Waals surface area contributed by atoms with E-state index in [2.05, 4.69) is 15.0 Å². The molecular weight excluding hydrogens is 348 g/mol. The van der Waals surface area contributed by atoms with Gasteiger partial charge in [-0.05, 0) is 49.1 Å². The summed E-state index contributed by atoms with van der Waals surface area (Å²) in [5.41, 5.74) is 9.99. The average molecular weight is 369 g/mol. The van der Waals surface area contributed by atoms with Gasteiger partial charge < -0.3 is 5.73 Å². The molecular formula is C20H21F2N5. The zero-order valence-electron chi connectivity index (χ0n) is 14.9. The molecule has 1 unspecified atom stereocenters. The molecule has 0 saturated heterocycles. The maximum absolute atomic E-state index is 14.2. The van der Waals surface area contributed by atoms with Gasteiger partial charge in [0.15, 0.2) is 5.65 Å². The lowest BCUT2D eigenvalue weighted by Crippen LogP contribution is -2.44. The van der Waals surface area contributed by atoms with Crippen molar-refractivity contribution in [2.75, 3.05) is 0 Å². The Morgan fingerprint density at radius 2 is 2.04 bits per heavy atom. The number of halogens is 2. The highest BCUT2D eigenvalue weighted by molar-refractivity contribution is 5.51. The molecule has 1 fully saturated rings. The van der Waals surface area contributed by atoms with Crippen LogP contribution in [-0.4, -0.2) is 31.6 Å². The Morgan fingerprint density at radius 3 is 2.89 bits per heavy atom. The van der Waals surface area contributed by atoms with E-state index < -0.39 is 5.82 Å². The van der Waals surface area contributed by atoms with Crippen molar-refractivity contribution in [2.45, 2.75) is 50.4 Å². The molecule has 7 heteroatoms. The second-order valence-electron chi connectivity index (χ2n) is 7.62. The highest BCUT2D eigenvalue weighted by Gasteiger charge is 2.36. The van der Waals surface area contributed by atoms with Gasteiger partial charge in [-0.1, -0.05) is 0 Å². The number of rotatable bonds is 2. The van der Waals surface area contributed by atoms with Crippen molar-refractivity contribution in [3.8, 4) is 0 Å². The first kappa shape index (κ1) is 16.8. The maximum atomic E-state index is 14.2. The quantitative estimate of drug-likeness (QED) is 0.754. The van der Waals surface area contributed by atoms with E-state index in [-0.39, 0.29) is 17.8 Å². The lowest BCUT2D eigenvalue weighted by Gasteiger charge is -2.38. The van der Waals surface area contributed by atoms with Crippen LogP contribution in [0.5, 0.6) is 0 Å². The van der Waals surface area contributed by atoms with Crippen LogP contribution in [0.15, 0.2) is 36.7 Å². The summed E-state index contributed by atoms with van der Waals surface area (Å²) in [6.45, 7) is 1.60. The fourth-order valence-corrected chi connectivity index (χ4v) is 4.68. The number of aromatic nitrogens is 3. The molecule has 5 rings (SSSR count). The van der Waals surface area contributed by atoms with E-state index in [1.54, 1.807) is 6.20 Å². The lowest BCUT2D eigenvalue weighted by atomic mass is 9.77. The van der Waals surface area contributed by atoms with Crippen molar-refractivity contribution in [3.63, 3.8) is 0 Å². The first-order chi connectivity index (χ1) is 13.1. The topological polar surface area (TPSA) is 59.5 Å². The molecule has 1 aromatic carbocycles. The summed E-state index contributed by atoms with van der Waals surface area (Å²) in [6.07, 6.45) is 6.14. The van der Waals surface area contributed by atoms with E-state index in [4.69, 9.17) is 5.73 Å². The molecule has 2 N–H and O–H groups in total. The van der Waals surface area contributed by atoms with Crippen LogP contribution in [0.3, 0.4) is 0 Å². The molecule has 0 radical (unpaired) electrons. The molecule has 2 aliphatic rings. The fourth-order valence-electron chi connectivity index (χ4n) is 4.68. The number of fused-ring (bicyclic) bond motifs is 3. The van der Waals surface area contributed by atoms with Crippen LogP contribution in [-0.2, 0) is 13.1 Å². The molecule has 5 nitrogen and oxygen atoms in total. The summed E-state index contributed by atoms with van der Waals surface area (Å²) in [6, 6.07) is 5.66. The maximum Gasteiger partial charge on any atom is 0.159 e. The van der Waals surface area contributed by atoms with Crippen LogP contribution in [0.4, 0.5) is 8.78 Å². The molecule has 0 spiro atoms. The van der Waals surface area contributed by atoms with Crippen LogP contribution in [0.2, 0.25) is 0 Å². The third kappa shape index (κ3) is 2.82. The Morgan fingerprint density at radius 1 is 1.15 bits per heavy atom. The molecule has 3 aromatic rings. The molecule has 3 atom stereocenters. The minimum Gasteiger partial charge on any atom is -0.327 e. The van der Waals surface area contributed by atoms with Gasteiger partial charge in [-0.25, -0.2) is 18.3 Å². The molecule has 1 aliphatic heterocycles. The van der Waals surface area contributed by atoms with Crippen molar-refractivity contribution in [3.05, 3.63) is 65.1 Å². The zero-order valence-corrected chi connectivity index (χ0v) is 14.9. The van der Waals surface area contributed by atoms with Crippen molar-refractivity contribution in [1.82, 2.24) is 19.5 Å². The van der Waals surface area contributed by atoms with Crippen LogP contribution in [0, 0.1) is 11.6 Å². The molecule has 2 aromatic heterocycles. The van der Waals surface area contributed by atoms with E-state index in [1.165, 1.54) is 17.7 Å². The smallest absolute Gasteiger partial charge is 0.159 e. The van der Waals surface area contributed by atoms with Gasteiger partial charge in [0.2, 0.25) is 0 Å². The zero-order chi connectivity index (χ0) is 18.5. The van der Waals surface area contributed by atoms with Gasteiger partial charge in [-0.2, -0.15) is 5.10 Å². The molecule has 27 heavy (non-hydrogen) atoms. The van der Waals surface area contributed by atoms with Crippen molar-refractivity contribution < 1.29 is 8.78 Å². The van der Waals surface area contributed by atoms with Crippen LogP contribution in [0.1, 0.15) is 42.0 Å². The highest BCUT2D eigenvalue weighted by Crippen LogP contribution is 2.38. The van der Waals surface area contributed by atoms with Gasteiger partial charge in [0.05, 0.1) is 5.69 Å². The number of nitrogens with two attached hydrogens (primary N) is 1. The first-order valence-corrected chi connectivity index (χ1v) is 9.36. The summed E-state index contributed by atoms with van der Waals surface area (Å²) < 4.78 is 29.6. The van der Waals surface area contributed by atoms with Gasteiger partial charge >= 0.3 is 0 Å². The summed E-state index contributed by atoms with van der Waals surface area (Å²) in [5.74, 6) is -0.913. The Balaban J connectivity index is 1.32. The first-order valence-electron chi connectivity index (χ1n) is 9.36. The van der Waals surface area contributed by atoms with Crippen molar-refractivity contribution in [2.24, 2.45) is 5.73 Å². The molecule has 1 aliphatic carbocycles. The largest absolute Gasteiger partial charge is 0.327 e. The predicted octanol–water partition coefficient (Wildman–Crippen LogP) is 2.99. The molecule has 140 valence electrons. The molecule has 3 heterocycles. The van der Waals surface area contributed by atoms with Gasteiger partial charge in [-0.15, -0.1) is 0 Å². The third-order valence-corrected chi connectivity index (χ3v) is 6.03. The van der Waals surface area contributed by atoms with E-state index in [9.17, 15) is 8.78 Å². The van der Waals surface area contributed by atoms with Crippen LogP contribution < -0.4 is 5.73 Å². The Labute approximate surface area is 155 Å². The summed E-state index contributed by atoms with van der Waals surface area (Å²) in [5, 5.41) is 4.63. The van der Waals surface area contributed by atoms with Gasteiger partial charge in [0.25, 0.3) is 0 Å². The third-order valence-electron chi connectivity index (χ3n) is 6.03. The minimum absolute atomic E-state index is 0.137. The predicted molar refractivity (Wildman–Crippen MR) is 96.9 cm³/mol. The van der Waals surface area contributed by atoms with Gasteiger partial charge in [-0.3, -0.25) is 4.90 Å². The molecule has 0 amide bonds. The minimum atomic E-state index is -0.411. The van der Waals surface area contributed by atoms with Crippen LogP contribution in [0.25, 0.3) is 5.65 Å². The van der Waals surface area contributed by atoms with E-state index >= 15 is 0 Å². The van der Waals surface area contributed by atoms with Crippen molar-refractivity contribution >= 4 is 5.65 Å². The average Bonchev–Trinajstić information content (AvgIpc) is 3.22. The van der Waals surface area contributed by atoms with Crippen LogP contribution >= 0.6 is 0 Å². The second kappa shape index (κ2) is 6.35. The normalized spacial score (nSPS) is 25.8. The molecule has 1 saturated carbocycles. The number of benzene rings is 1. The summed E-state index contributed by atoms with van der Waals surface area (Å²) in [4.78, 5) is 6.84. The second-order valence-corrected chi connectivity index (χ2v) is 7.62. The monoisotopic (exact) mass is 369 g/mol. The Hall–Kier alpha value is -2.38. The summed E-state index contributed by atoms with van der Waals surface area (Å²) >= 11 is 0. The number of hydrogen-bond acceptors (Lipinski definition) is 4. The summed E-state index contributed by atoms with van der Waals surface area (Å²) in [7, 11) is 0. The highest BCUT2D eigenvalue weighted by atomic mass is 19.1. The number of hydrogen-bond donors (Lipinski definition) is 1. The van der Waals surface area contributed by atoms with E-state index in [0.717, 1.165) is 49.8 Å². The number of nitrogens with zero attached hydrogens (tertiary/aromatic N) is 4. The standard InChI is InChI=1S/C20H21F2N5/c21-12-2-5-17(22)15(8-12)14-4-3-13(9-18(14)23)26-10-16-19(11-26)25-27-7-1-6-24-20(16)27/h1-2,5-8,13-14,18H,3-4,9-11,23H2/t13-,14+,18?/m0/s1. The Kier molecular flexibility index (Phi) is 3.94.